The van der Waals surface area contributed by atoms with Crippen molar-refractivity contribution in [2.45, 2.75) is 31.2 Å². The van der Waals surface area contributed by atoms with Gasteiger partial charge in [0.15, 0.2) is 5.11 Å². The van der Waals surface area contributed by atoms with E-state index in [1.54, 1.807) is 25.3 Å². The molecule has 8 nitrogen and oxygen atoms in total. The number of sulfonamides is 1. The van der Waals surface area contributed by atoms with Gasteiger partial charge in [0, 0.05) is 19.4 Å². The number of thiocarbonyl (C=S) groups is 1. The Morgan fingerprint density at radius 2 is 2.07 bits per heavy atom. The number of aromatic nitrogens is 1. The third kappa shape index (κ3) is 5.70. The summed E-state index contributed by atoms with van der Waals surface area (Å²) in [5.41, 5.74) is 1.49. The molecule has 152 valence electrons. The molecule has 4 N–H and O–H groups in total. The van der Waals surface area contributed by atoms with Crippen molar-refractivity contribution in [2.24, 2.45) is 0 Å². The van der Waals surface area contributed by atoms with Gasteiger partial charge in [-0.3, -0.25) is 9.52 Å². The second-order valence-corrected chi connectivity index (χ2v) is 8.07. The Bertz CT molecular complexity index is 927. The summed E-state index contributed by atoms with van der Waals surface area (Å²) in [6, 6.07) is 6.34. The summed E-state index contributed by atoms with van der Waals surface area (Å²) in [5, 5.41) is 5.41. The number of hydrogen-bond acceptors (Lipinski definition) is 5. The van der Waals surface area contributed by atoms with Crippen molar-refractivity contribution >= 4 is 33.3 Å². The molecule has 1 amide bonds. The van der Waals surface area contributed by atoms with Crippen LogP contribution in [-0.4, -0.2) is 38.1 Å². The topological polar surface area (TPSA) is 112 Å². The van der Waals surface area contributed by atoms with Gasteiger partial charge in [-0.25, -0.2) is 8.42 Å². The van der Waals surface area contributed by atoms with Crippen LogP contribution in [0.1, 0.15) is 31.0 Å². The summed E-state index contributed by atoms with van der Waals surface area (Å²) in [6.07, 6.45) is 3.62. The van der Waals surface area contributed by atoms with Gasteiger partial charge in [-0.15, -0.1) is 0 Å². The average molecular weight is 425 g/mol. The highest BCUT2D eigenvalue weighted by Gasteiger charge is 2.22. The van der Waals surface area contributed by atoms with Gasteiger partial charge >= 0.3 is 0 Å². The zero-order valence-corrected chi connectivity index (χ0v) is 17.5. The van der Waals surface area contributed by atoms with E-state index in [2.05, 4.69) is 20.3 Å². The van der Waals surface area contributed by atoms with Crippen LogP contribution in [-0.2, 0) is 21.2 Å². The minimum absolute atomic E-state index is 0.0279. The molecule has 1 heterocycles. The molecule has 0 aliphatic carbocycles. The maximum absolute atomic E-state index is 12.6. The number of carbonyl (C=O) groups excluding carboxylic acids is 1. The van der Waals surface area contributed by atoms with Crippen LogP contribution >= 0.6 is 12.2 Å². The summed E-state index contributed by atoms with van der Waals surface area (Å²) in [6.45, 7) is 3.93. The van der Waals surface area contributed by atoms with E-state index in [9.17, 15) is 13.2 Å². The van der Waals surface area contributed by atoms with E-state index in [4.69, 9.17) is 17.0 Å². The molecule has 0 fully saturated rings. The van der Waals surface area contributed by atoms with E-state index in [0.717, 1.165) is 5.56 Å². The smallest absolute Gasteiger partial charge is 0.267 e. The minimum atomic E-state index is -3.96. The van der Waals surface area contributed by atoms with E-state index in [0.29, 0.717) is 12.2 Å². The second-order valence-electron chi connectivity index (χ2n) is 6.01. The third-order valence-corrected chi connectivity index (χ3v) is 5.72. The first kappa shape index (κ1) is 21.7. The summed E-state index contributed by atoms with van der Waals surface area (Å²) >= 11 is 4.89. The molecule has 1 atom stereocenters. The Hall–Kier alpha value is -2.59. The molecule has 10 heteroatoms. The fraction of sp³-hybridized carbons (Fsp3) is 0.333. The molecule has 1 aromatic carbocycles. The monoisotopic (exact) mass is 424 g/mol. The van der Waals surface area contributed by atoms with Crippen molar-refractivity contribution in [1.82, 2.24) is 20.3 Å². The van der Waals surface area contributed by atoms with E-state index in [1.807, 2.05) is 19.2 Å². The first-order valence-electron chi connectivity index (χ1n) is 8.69. The summed E-state index contributed by atoms with van der Waals surface area (Å²) in [4.78, 5) is 15.2. The van der Waals surface area contributed by atoms with Crippen molar-refractivity contribution in [2.75, 3.05) is 13.7 Å². The lowest BCUT2D eigenvalue weighted by Gasteiger charge is -2.15. The van der Waals surface area contributed by atoms with Gasteiger partial charge in [-0.2, -0.15) is 0 Å². The van der Waals surface area contributed by atoms with E-state index in [-0.39, 0.29) is 34.1 Å². The largest absolute Gasteiger partial charge is 0.492 e. The lowest BCUT2D eigenvalue weighted by Crippen LogP contribution is -2.37. The SMILES string of the molecule is CCOc1ccc(CC(=O)NC(C)c2cc[nH]c2)cc1S(=O)(=O)NC(=S)NC. The first-order valence-corrected chi connectivity index (χ1v) is 10.6. The number of aromatic amines is 1. The molecule has 1 unspecified atom stereocenters. The number of benzene rings is 1. The number of hydrogen-bond donors (Lipinski definition) is 4. The lowest BCUT2D eigenvalue weighted by atomic mass is 10.1. The zero-order chi connectivity index (χ0) is 20.7. The highest BCUT2D eigenvalue weighted by Crippen LogP contribution is 2.25. The van der Waals surface area contributed by atoms with Crippen LogP contribution in [0.3, 0.4) is 0 Å². The van der Waals surface area contributed by atoms with Crippen molar-refractivity contribution in [3.8, 4) is 5.75 Å². The second kappa shape index (κ2) is 9.56. The van der Waals surface area contributed by atoms with Crippen molar-refractivity contribution in [3.05, 3.63) is 47.8 Å². The lowest BCUT2D eigenvalue weighted by molar-refractivity contribution is -0.121. The van der Waals surface area contributed by atoms with Crippen molar-refractivity contribution < 1.29 is 17.9 Å². The molecule has 0 saturated carbocycles. The third-order valence-electron chi connectivity index (χ3n) is 3.92. The zero-order valence-electron chi connectivity index (χ0n) is 15.9. The van der Waals surface area contributed by atoms with Gasteiger partial charge in [0.25, 0.3) is 10.0 Å². The van der Waals surface area contributed by atoms with E-state index >= 15 is 0 Å². The Balaban J connectivity index is 2.21. The summed E-state index contributed by atoms with van der Waals surface area (Å²) in [7, 11) is -2.44. The molecule has 0 radical (unpaired) electrons. The summed E-state index contributed by atoms with van der Waals surface area (Å²) in [5.74, 6) is -0.0290. The fourth-order valence-electron chi connectivity index (χ4n) is 2.54. The molecule has 0 aliphatic rings. The standard InChI is InChI=1S/C18H24N4O4S2/c1-4-26-15-6-5-13(9-16(15)28(24,25)22-18(27)19-3)10-17(23)21-12(2)14-7-8-20-11-14/h5-9,11-12,20H,4,10H2,1-3H3,(H,21,23)(H2,19,22,27). The molecule has 0 spiro atoms. The van der Waals surface area contributed by atoms with Gasteiger partial charge in [-0.1, -0.05) is 6.07 Å². The van der Waals surface area contributed by atoms with Gasteiger partial charge in [-0.05, 0) is 55.4 Å². The first-order chi connectivity index (χ1) is 13.3. The number of carbonyl (C=O) groups is 1. The number of amides is 1. The number of H-pyrrole nitrogens is 1. The summed E-state index contributed by atoms with van der Waals surface area (Å²) < 4.78 is 33.0. The predicted molar refractivity (Wildman–Crippen MR) is 111 cm³/mol. The molecule has 0 aliphatic heterocycles. The molecule has 2 aromatic rings. The van der Waals surface area contributed by atoms with E-state index in [1.165, 1.54) is 13.1 Å². The van der Waals surface area contributed by atoms with E-state index < -0.39 is 10.0 Å². The highest BCUT2D eigenvalue weighted by atomic mass is 32.2. The van der Waals surface area contributed by atoms with Crippen LogP contribution in [0.4, 0.5) is 0 Å². The Labute approximate surface area is 170 Å². The fourth-order valence-corrected chi connectivity index (χ4v) is 4.03. The maximum atomic E-state index is 12.6. The average Bonchev–Trinajstić information content (AvgIpc) is 3.17. The maximum Gasteiger partial charge on any atom is 0.267 e. The van der Waals surface area contributed by atoms with Crippen molar-refractivity contribution in [3.63, 3.8) is 0 Å². The Kier molecular flexibility index (Phi) is 7.41. The van der Waals surface area contributed by atoms with Crippen LogP contribution in [0, 0.1) is 0 Å². The van der Waals surface area contributed by atoms with Gasteiger partial charge in [0.2, 0.25) is 5.91 Å². The van der Waals surface area contributed by atoms with Crippen LogP contribution in [0.25, 0.3) is 0 Å². The predicted octanol–water partition coefficient (Wildman–Crippen LogP) is 1.62. The normalized spacial score (nSPS) is 12.1. The molecule has 2 rings (SSSR count). The van der Waals surface area contributed by atoms with Crippen LogP contribution in [0.15, 0.2) is 41.6 Å². The van der Waals surface area contributed by atoms with Gasteiger partial charge < -0.3 is 20.4 Å². The number of rotatable bonds is 8. The minimum Gasteiger partial charge on any atom is -0.492 e. The molecule has 0 bridgehead atoms. The van der Waals surface area contributed by atoms with Crippen LogP contribution in [0.5, 0.6) is 5.75 Å². The molecule has 0 saturated heterocycles. The molecule has 28 heavy (non-hydrogen) atoms. The molecular formula is C18H24N4O4S2. The van der Waals surface area contributed by atoms with Crippen LogP contribution in [0.2, 0.25) is 0 Å². The molecular weight excluding hydrogens is 400 g/mol. The molecule has 1 aromatic heterocycles. The Morgan fingerprint density at radius 1 is 1.32 bits per heavy atom. The van der Waals surface area contributed by atoms with Gasteiger partial charge in [0.1, 0.15) is 10.6 Å². The van der Waals surface area contributed by atoms with Crippen LogP contribution < -0.4 is 20.1 Å². The number of nitrogens with one attached hydrogen (secondary N) is 4. The number of ether oxygens (including phenoxy) is 1. The quantitative estimate of drug-likeness (QED) is 0.479. The van der Waals surface area contributed by atoms with Crippen molar-refractivity contribution in [1.29, 1.82) is 0 Å². The Morgan fingerprint density at radius 3 is 2.68 bits per heavy atom. The highest BCUT2D eigenvalue weighted by molar-refractivity contribution is 7.92. The van der Waals surface area contributed by atoms with Gasteiger partial charge in [0.05, 0.1) is 19.1 Å².